The highest BCUT2D eigenvalue weighted by Gasteiger charge is 2.17. The summed E-state index contributed by atoms with van der Waals surface area (Å²) in [6.07, 6.45) is 0.797. The van der Waals surface area contributed by atoms with Gasteiger partial charge >= 0.3 is 0 Å². The number of nitrogens with one attached hydrogen (secondary N) is 2. The van der Waals surface area contributed by atoms with Crippen LogP contribution in [0.25, 0.3) is 0 Å². The van der Waals surface area contributed by atoms with Crippen LogP contribution in [0.4, 0.5) is 5.69 Å². The summed E-state index contributed by atoms with van der Waals surface area (Å²) in [5.41, 5.74) is 3.12. The minimum absolute atomic E-state index is 0.115. The molecule has 2 aromatic carbocycles. The smallest absolute Gasteiger partial charge is 0.255 e. The Morgan fingerprint density at radius 3 is 2.68 bits per heavy atom. The normalized spacial score (nSPS) is 12.8. The highest BCUT2D eigenvalue weighted by atomic mass is 16.2. The Hall–Kier alpha value is -3.13. The summed E-state index contributed by atoms with van der Waals surface area (Å²) in [4.78, 5) is 24.0. The Morgan fingerprint density at radius 2 is 1.95 bits per heavy atom. The molecule has 2 amide bonds. The second-order valence-electron chi connectivity index (χ2n) is 5.02. The van der Waals surface area contributed by atoms with Gasteiger partial charge in [0.15, 0.2) is 0 Å². The van der Waals surface area contributed by atoms with Gasteiger partial charge in [-0.25, -0.2) is 0 Å². The van der Waals surface area contributed by atoms with E-state index in [4.69, 9.17) is 5.26 Å². The number of nitrogens with zero attached hydrogens (tertiary/aromatic N) is 1. The van der Waals surface area contributed by atoms with Gasteiger partial charge in [-0.15, -0.1) is 0 Å². The number of rotatable bonds is 2. The Bertz CT molecular complexity index is 789. The van der Waals surface area contributed by atoms with E-state index in [1.165, 1.54) is 0 Å². The summed E-state index contributed by atoms with van der Waals surface area (Å²) in [6.45, 7) is 0.642. The van der Waals surface area contributed by atoms with E-state index < -0.39 is 0 Å². The minimum atomic E-state index is -0.277. The largest absolute Gasteiger partial charge is 0.352 e. The van der Waals surface area contributed by atoms with Crippen LogP contribution in [0.1, 0.15) is 31.8 Å². The molecule has 0 saturated carbocycles. The predicted octanol–water partition coefficient (Wildman–Crippen LogP) is 2.10. The molecule has 0 atom stereocenters. The van der Waals surface area contributed by atoms with Crippen molar-refractivity contribution in [2.45, 2.75) is 6.42 Å². The summed E-state index contributed by atoms with van der Waals surface area (Å²) in [7, 11) is 0. The first-order chi connectivity index (χ1) is 10.7. The molecule has 2 N–H and O–H groups in total. The molecule has 0 bridgehead atoms. The maximum absolute atomic E-state index is 12.2. The summed E-state index contributed by atoms with van der Waals surface area (Å²) in [6, 6.07) is 13.7. The lowest BCUT2D eigenvalue weighted by atomic mass is 10.00. The molecule has 0 saturated heterocycles. The van der Waals surface area contributed by atoms with Crippen molar-refractivity contribution in [2.24, 2.45) is 0 Å². The zero-order valence-electron chi connectivity index (χ0n) is 11.7. The van der Waals surface area contributed by atoms with E-state index in [0.717, 1.165) is 12.0 Å². The van der Waals surface area contributed by atoms with Gasteiger partial charge in [0.1, 0.15) is 0 Å². The third-order valence-corrected chi connectivity index (χ3v) is 3.57. The molecule has 0 aromatic heterocycles. The van der Waals surface area contributed by atoms with E-state index in [2.05, 4.69) is 10.6 Å². The molecule has 0 unspecified atom stereocenters. The molecule has 0 aliphatic carbocycles. The molecule has 108 valence electrons. The fourth-order valence-electron chi connectivity index (χ4n) is 2.39. The second kappa shape index (κ2) is 5.70. The van der Waals surface area contributed by atoms with Crippen molar-refractivity contribution >= 4 is 17.5 Å². The maximum Gasteiger partial charge on any atom is 0.255 e. The van der Waals surface area contributed by atoms with Crippen LogP contribution < -0.4 is 10.6 Å². The van der Waals surface area contributed by atoms with Crippen LogP contribution in [-0.2, 0) is 6.42 Å². The second-order valence-corrected chi connectivity index (χ2v) is 5.02. The van der Waals surface area contributed by atoms with E-state index in [9.17, 15) is 9.59 Å². The molecule has 0 fully saturated rings. The lowest BCUT2D eigenvalue weighted by molar-refractivity contribution is 0.0944. The number of carbonyl (C=O) groups is 2. The SMILES string of the molecule is N#Cc1ccc(C(=O)Nc2ccc3c(c2)C(=O)NCC3)cc1. The molecule has 3 rings (SSSR count). The lowest BCUT2D eigenvalue weighted by Gasteiger charge is -2.17. The Balaban J connectivity index is 1.80. The van der Waals surface area contributed by atoms with Crippen LogP contribution in [0.15, 0.2) is 42.5 Å². The minimum Gasteiger partial charge on any atom is -0.352 e. The van der Waals surface area contributed by atoms with Crippen molar-refractivity contribution < 1.29 is 9.59 Å². The zero-order valence-corrected chi connectivity index (χ0v) is 11.7. The van der Waals surface area contributed by atoms with Gasteiger partial charge in [-0.05, 0) is 48.4 Å². The number of amides is 2. The van der Waals surface area contributed by atoms with Crippen LogP contribution in [0, 0.1) is 11.3 Å². The summed E-state index contributed by atoms with van der Waals surface area (Å²) >= 11 is 0. The topological polar surface area (TPSA) is 82.0 Å². The number of hydrogen-bond acceptors (Lipinski definition) is 3. The van der Waals surface area contributed by atoms with Crippen molar-refractivity contribution in [3.05, 3.63) is 64.7 Å². The number of anilines is 1. The molecule has 5 nitrogen and oxygen atoms in total. The fraction of sp³-hybridized carbons (Fsp3) is 0.118. The molecular weight excluding hydrogens is 278 g/mol. The first-order valence-corrected chi connectivity index (χ1v) is 6.90. The number of benzene rings is 2. The number of hydrogen-bond donors (Lipinski definition) is 2. The first kappa shape index (κ1) is 13.8. The van der Waals surface area contributed by atoms with E-state index in [1.807, 2.05) is 12.1 Å². The van der Waals surface area contributed by atoms with E-state index in [-0.39, 0.29) is 11.8 Å². The fourth-order valence-corrected chi connectivity index (χ4v) is 2.39. The highest BCUT2D eigenvalue weighted by molar-refractivity contribution is 6.05. The van der Waals surface area contributed by atoms with Crippen LogP contribution in [0.2, 0.25) is 0 Å². The first-order valence-electron chi connectivity index (χ1n) is 6.90. The molecule has 0 spiro atoms. The lowest BCUT2D eigenvalue weighted by Crippen LogP contribution is -2.31. The molecule has 0 radical (unpaired) electrons. The van der Waals surface area contributed by atoms with Gasteiger partial charge in [0, 0.05) is 23.4 Å². The molecule has 1 heterocycles. The third kappa shape index (κ3) is 2.67. The van der Waals surface area contributed by atoms with Gasteiger partial charge in [-0.2, -0.15) is 5.26 Å². The summed E-state index contributed by atoms with van der Waals surface area (Å²) < 4.78 is 0. The number of fused-ring (bicyclic) bond motifs is 1. The molecule has 5 heteroatoms. The van der Waals surface area contributed by atoms with Gasteiger partial charge in [0.05, 0.1) is 11.6 Å². The molecule has 1 aliphatic heterocycles. The quantitative estimate of drug-likeness (QED) is 0.889. The standard InChI is InChI=1S/C17H13N3O2/c18-10-11-1-3-13(4-2-11)16(21)20-14-6-5-12-7-8-19-17(22)15(12)9-14/h1-6,9H,7-8H2,(H,19,22)(H,20,21). The van der Waals surface area contributed by atoms with Gasteiger partial charge in [-0.3, -0.25) is 9.59 Å². The summed E-state index contributed by atoms with van der Waals surface area (Å²) in [5.74, 6) is -0.392. The molecular formula is C17H13N3O2. The van der Waals surface area contributed by atoms with Gasteiger partial charge < -0.3 is 10.6 Å². The van der Waals surface area contributed by atoms with E-state index in [0.29, 0.717) is 28.9 Å². The third-order valence-electron chi connectivity index (χ3n) is 3.57. The van der Waals surface area contributed by atoms with Gasteiger partial charge in [-0.1, -0.05) is 6.07 Å². The molecule has 2 aromatic rings. The van der Waals surface area contributed by atoms with E-state index in [1.54, 1.807) is 36.4 Å². The molecule has 22 heavy (non-hydrogen) atoms. The predicted molar refractivity (Wildman–Crippen MR) is 81.6 cm³/mol. The Labute approximate surface area is 127 Å². The zero-order chi connectivity index (χ0) is 15.5. The van der Waals surface area contributed by atoms with Crippen molar-refractivity contribution in [1.29, 1.82) is 5.26 Å². The number of nitriles is 1. The average Bonchev–Trinajstić information content (AvgIpc) is 2.55. The van der Waals surface area contributed by atoms with Crippen molar-refractivity contribution in [1.82, 2.24) is 5.32 Å². The van der Waals surface area contributed by atoms with Crippen LogP contribution >= 0.6 is 0 Å². The van der Waals surface area contributed by atoms with Crippen molar-refractivity contribution in [3.8, 4) is 6.07 Å². The Morgan fingerprint density at radius 1 is 1.18 bits per heavy atom. The maximum atomic E-state index is 12.2. The number of carbonyl (C=O) groups excluding carboxylic acids is 2. The van der Waals surface area contributed by atoms with Crippen molar-refractivity contribution in [3.63, 3.8) is 0 Å². The van der Waals surface area contributed by atoms with Gasteiger partial charge in [0.25, 0.3) is 11.8 Å². The van der Waals surface area contributed by atoms with Gasteiger partial charge in [0.2, 0.25) is 0 Å². The van der Waals surface area contributed by atoms with Crippen LogP contribution in [0.5, 0.6) is 0 Å². The van der Waals surface area contributed by atoms with Crippen LogP contribution in [-0.4, -0.2) is 18.4 Å². The van der Waals surface area contributed by atoms with E-state index >= 15 is 0 Å². The summed E-state index contributed by atoms with van der Waals surface area (Å²) in [5, 5.41) is 14.3. The monoisotopic (exact) mass is 291 g/mol. The van der Waals surface area contributed by atoms with Crippen LogP contribution in [0.3, 0.4) is 0 Å². The van der Waals surface area contributed by atoms with Crippen molar-refractivity contribution in [2.75, 3.05) is 11.9 Å². The highest BCUT2D eigenvalue weighted by Crippen LogP contribution is 2.19. The molecule has 1 aliphatic rings. The average molecular weight is 291 g/mol. The Kier molecular flexibility index (Phi) is 3.58.